The van der Waals surface area contributed by atoms with Crippen LogP contribution in [0.3, 0.4) is 0 Å². The normalized spacial score (nSPS) is 20.4. The number of hydrogen-bond acceptors (Lipinski definition) is 2. The van der Waals surface area contributed by atoms with Gasteiger partial charge in [0.15, 0.2) is 0 Å². The van der Waals surface area contributed by atoms with E-state index in [2.05, 4.69) is 31.2 Å². The van der Waals surface area contributed by atoms with E-state index in [1.807, 2.05) is 7.11 Å². The lowest BCUT2D eigenvalue weighted by molar-refractivity contribution is -0.0442. The highest BCUT2D eigenvalue weighted by Crippen LogP contribution is 2.38. The summed E-state index contributed by atoms with van der Waals surface area (Å²) in [5.41, 5.74) is 9.03. The first-order valence-corrected chi connectivity index (χ1v) is 8.11. The Morgan fingerprint density at radius 1 is 1.10 bits per heavy atom. The van der Waals surface area contributed by atoms with Crippen molar-refractivity contribution < 1.29 is 4.74 Å². The Hall–Kier alpha value is -0.860. The summed E-state index contributed by atoms with van der Waals surface area (Å²) in [4.78, 5) is 0. The number of hydrogen-bond donors (Lipinski definition) is 1. The van der Waals surface area contributed by atoms with Crippen molar-refractivity contribution in [1.82, 2.24) is 0 Å². The first kappa shape index (κ1) is 15.5. The topological polar surface area (TPSA) is 35.2 Å². The van der Waals surface area contributed by atoms with Gasteiger partial charge in [-0.2, -0.15) is 0 Å². The summed E-state index contributed by atoms with van der Waals surface area (Å²) in [6.07, 6.45) is 9.59. The molecule has 1 saturated carbocycles. The summed E-state index contributed by atoms with van der Waals surface area (Å²) in [6.45, 7) is 2.21. The average Bonchev–Trinajstić information content (AvgIpc) is 2.74. The van der Waals surface area contributed by atoms with E-state index in [1.54, 1.807) is 0 Å². The molecular weight excluding hydrogens is 246 g/mol. The zero-order valence-electron chi connectivity index (χ0n) is 13.0. The molecule has 1 unspecified atom stereocenters. The van der Waals surface area contributed by atoms with Crippen molar-refractivity contribution in [3.05, 3.63) is 35.4 Å². The van der Waals surface area contributed by atoms with E-state index in [-0.39, 0.29) is 11.6 Å². The molecule has 1 atom stereocenters. The van der Waals surface area contributed by atoms with E-state index in [0.29, 0.717) is 0 Å². The highest BCUT2D eigenvalue weighted by molar-refractivity contribution is 5.27. The van der Waals surface area contributed by atoms with Gasteiger partial charge in [-0.1, -0.05) is 63.3 Å². The molecule has 112 valence electrons. The number of ether oxygens (including phenoxy) is 1. The molecule has 2 rings (SSSR count). The average molecular weight is 275 g/mol. The summed E-state index contributed by atoms with van der Waals surface area (Å²) in [5.74, 6) is 0. The van der Waals surface area contributed by atoms with E-state index < -0.39 is 0 Å². The third-order valence-electron chi connectivity index (χ3n) is 4.80. The molecule has 1 aromatic carbocycles. The molecule has 1 aliphatic carbocycles. The maximum absolute atomic E-state index is 6.58. The van der Waals surface area contributed by atoms with E-state index >= 15 is 0 Å². The minimum Gasteiger partial charge on any atom is -0.376 e. The molecule has 0 aromatic heterocycles. The Bertz CT molecular complexity index is 390. The fourth-order valence-corrected chi connectivity index (χ4v) is 3.45. The van der Waals surface area contributed by atoms with Crippen molar-refractivity contribution in [1.29, 1.82) is 0 Å². The molecule has 2 nitrogen and oxygen atoms in total. The zero-order chi connectivity index (χ0) is 14.4. The minimum absolute atomic E-state index is 0.0127. The lowest BCUT2D eigenvalue weighted by Crippen LogP contribution is -2.42. The summed E-state index contributed by atoms with van der Waals surface area (Å²) >= 11 is 0. The Balaban J connectivity index is 2.16. The van der Waals surface area contributed by atoms with Crippen LogP contribution in [0.2, 0.25) is 0 Å². The van der Waals surface area contributed by atoms with Gasteiger partial charge >= 0.3 is 0 Å². The molecule has 0 aliphatic heterocycles. The largest absolute Gasteiger partial charge is 0.376 e. The smallest absolute Gasteiger partial charge is 0.0870 e. The minimum atomic E-state index is -0.164. The molecule has 0 saturated heterocycles. The number of aryl methyl sites for hydroxylation is 1. The van der Waals surface area contributed by atoms with Gasteiger partial charge in [-0.25, -0.2) is 0 Å². The van der Waals surface area contributed by atoms with Gasteiger partial charge in [0.05, 0.1) is 11.6 Å². The van der Waals surface area contributed by atoms with Crippen LogP contribution in [0.25, 0.3) is 0 Å². The Labute approximate surface area is 123 Å². The molecule has 0 amide bonds. The van der Waals surface area contributed by atoms with Gasteiger partial charge < -0.3 is 10.5 Å². The number of benzene rings is 1. The molecule has 1 aliphatic rings. The van der Waals surface area contributed by atoms with E-state index in [9.17, 15) is 0 Å². The predicted molar refractivity (Wildman–Crippen MR) is 84.8 cm³/mol. The lowest BCUT2D eigenvalue weighted by atomic mass is 9.82. The maximum Gasteiger partial charge on any atom is 0.0870 e. The molecule has 1 fully saturated rings. The summed E-state index contributed by atoms with van der Waals surface area (Å²) in [7, 11) is 1.83. The van der Waals surface area contributed by atoms with Gasteiger partial charge in [-0.05, 0) is 30.4 Å². The van der Waals surface area contributed by atoms with Gasteiger partial charge in [0.1, 0.15) is 0 Å². The molecule has 2 heteroatoms. The van der Waals surface area contributed by atoms with Crippen LogP contribution in [0.5, 0.6) is 0 Å². The number of nitrogens with two attached hydrogens (primary N) is 1. The molecule has 0 spiro atoms. The Kier molecular flexibility index (Phi) is 5.62. The molecule has 0 bridgehead atoms. The summed E-state index contributed by atoms with van der Waals surface area (Å²) in [6, 6.07) is 8.82. The van der Waals surface area contributed by atoms with Gasteiger partial charge in [0.2, 0.25) is 0 Å². The van der Waals surface area contributed by atoms with E-state index in [4.69, 9.17) is 10.5 Å². The third kappa shape index (κ3) is 3.42. The third-order valence-corrected chi connectivity index (χ3v) is 4.80. The first-order chi connectivity index (χ1) is 9.72. The van der Waals surface area contributed by atoms with Crippen LogP contribution < -0.4 is 5.73 Å². The van der Waals surface area contributed by atoms with Crippen LogP contribution in [0.1, 0.15) is 69.0 Å². The van der Waals surface area contributed by atoms with Crippen molar-refractivity contribution in [2.24, 2.45) is 5.73 Å². The predicted octanol–water partition coefficient (Wildman–Crippen LogP) is 4.38. The molecule has 20 heavy (non-hydrogen) atoms. The highest BCUT2D eigenvalue weighted by Gasteiger charge is 2.37. The second-order valence-corrected chi connectivity index (χ2v) is 6.15. The van der Waals surface area contributed by atoms with Crippen molar-refractivity contribution in [3.63, 3.8) is 0 Å². The Morgan fingerprint density at radius 2 is 1.70 bits per heavy atom. The van der Waals surface area contributed by atoms with Crippen LogP contribution in [0.15, 0.2) is 24.3 Å². The molecule has 0 heterocycles. The van der Waals surface area contributed by atoms with Gasteiger partial charge in [-0.3, -0.25) is 0 Å². The van der Waals surface area contributed by atoms with Crippen LogP contribution in [-0.2, 0) is 11.2 Å². The van der Waals surface area contributed by atoms with E-state index in [0.717, 1.165) is 19.3 Å². The maximum atomic E-state index is 6.58. The molecule has 1 aromatic rings. The van der Waals surface area contributed by atoms with Crippen LogP contribution in [0, 0.1) is 0 Å². The van der Waals surface area contributed by atoms with Crippen molar-refractivity contribution in [3.8, 4) is 0 Å². The quantitative estimate of drug-likeness (QED) is 0.809. The standard InChI is InChI=1S/C18H29NO/c1-3-8-15-9-11-16(12-10-15)17(19)18(20-2)13-6-4-5-7-14-18/h9-12,17H,3-8,13-14,19H2,1-2H3. The van der Waals surface area contributed by atoms with Crippen molar-refractivity contribution in [2.75, 3.05) is 7.11 Å². The van der Waals surface area contributed by atoms with Crippen LogP contribution in [-0.4, -0.2) is 12.7 Å². The van der Waals surface area contributed by atoms with Gasteiger partial charge in [0.25, 0.3) is 0 Å². The zero-order valence-corrected chi connectivity index (χ0v) is 13.0. The van der Waals surface area contributed by atoms with Gasteiger partial charge in [-0.15, -0.1) is 0 Å². The second kappa shape index (κ2) is 7.24. The summed E-state index contributed by atoms with van der Waals surface area (Å²) in [5, 5.41) is 0. The monoisotopic (exact) mass is 275 g/mol. The molecule has 2 N–H and O–H groups in total. The highest BCUT2D eigenvalue weighted by atomic mass is 16.5. The second-order valence-electron chi connectivity index (χ2n) is 6.15. The first-order valence-electron chi connectivity index (χ1n) is 8.11. The SMILES string of the molecule is CCCc1ccc(C(N)C2(OC)CCCCCC2)cc1. The Morgan fingerprint density at radius 3 is 2.20 bits per heavy atom. The lowest BCUT2D eigenvalue weighted by Gasteiger charge is -2.37. The number of methoxy groups -OCH3 is 1. The van der Waals surface area contributed by atoms with E-state index in [1.165, 1.54) is 43.2 Å². The van der Waals surface area contributed by atoms with Crippen LogP contribution >= 0.6 is 0 Å². The van der Waals surface area contributed by atoms with Crippen LogP contribution in [0.4, 0.5) is 0 Å². The molecule has 0 radical (unpaired) electrons. The van der Waals surface area contributed by atoms with Crippen molar-refractivity contribution in [2.45, 2.75) is 69.9 Å². The van der Waals surface area contributed by atoms with Gasteiger partial charge in [0, 0.05) is 7.11 Å². The molecular formula is C18H29NO. The number of rotatable bonds is 5. The fourth-order valence-electron chi connectivity index (χ4n) is 3.45. The van der Waals surface area contributed by atoms with Crippen molar-refractivity contribution >= 4 is 0 Å². The summed E-state index contributed by atoms with van der Waals surface area (Å²) < 4.78 is 5.93. The fraction of sp³-hybridized carbons (Fsp3) is 0.667.